The van der Waals surface area contributed by atoms with Crippen LogP contribution in [0.1, 0.15) is 6.42 Å². The molecule has 3 rings (SSSR count). The Bertz CT molecular complexity index is 825. The molecule has 1 heterocycles. The van der Waals surface area contributed by atoms with Crippen molar-refractivity contribution >= 4 is 40.9 Å². The van der Waals surface area contributed by atoms with Crippen molar-refractivity contribution in [3.8, 4) is 5.75 Å². The minimum Gasteiger partial charge on any atom is -0.406 e. The SMILES string of the molecule is O=C1CC(Sc2ccc(Cl)cc2)C(=O)N1c1ccc(OC(F)(F)F)cc1. The second kappa shape index (κ2) is 7.20. The number of imide groups is 1. The van der Waals surface area contributed by atoms with E-state index >= 15 is 0 Å². The quantitative estimate of drug-likeness (QED) is 0.699. The smallest absolute Gasteiger partial charge is 0.406 e. The number of carbonyl (C=O) groups excluding carboxylic acids is 2. The first-order chi connectivity index (χ1) is 12.2. The molecule has 2 aromatic rings. The summed E-state index contributed by atoms with van der Waals surface area (Å²) in [6.45, 7) is 0. The number of hydrogen-bond acceptors (Lipinski definition) is 4. The minimum atomic E-state index is -4.80. The van der Waals surface area contributed by atoms with Crippen LogP contribution in [0.3, 0.4) is 0 Å². The maximum atomic E-state index is 12.5. The lowest BCUT2D eigenvalue weighted by molar-refractivity contribution is -0.274. The number of rotatable bonds is 4. The van der Waals surface area contributed by atoms with Crippen molar-refractivity contribution < 1.29 is 27.5 Å². The third kappa shape index (κ3) is 4.31. The fraction of sp³-hybridized carbons (Fsp3) is 0.176. The summed E-state index contributed by atoms with van der Waals surface area (Å²) >= 11 is 7.05. The van der Waals surface area contributed by atoms with Gasteiger partial charge in [-0.15, -0.1) is 24.9 Å². The van der Waals surface area contributed by atoms with Gasteiger partial charge in [-0.25, -0.2) is 4.90 Å². The molecule has 4 nitrogen and oxygen atoms in total. The Balaban J connectivity index is 1.73. The molecule has 0 saturated carbocycles. The minimum absolute atomic E-state index is 0.00687. The van der Waals surface area contributed by atoms with E-state index in [4.69, 9.17) is 11.6 Å². The van der Waals surface area contributed by atoms with Crippen LogP contribution in [0.2, 0.25) is 5.02 Å². The number of nitrogens with zero attached hydrogens (tertiary/aromatic N) is 1. The van der Waals surface area contributed by atoms with Gasteiger partial charge in [-0.3, -0.25) is 9.59 Å². The predicted octanol–water partition coefficient (Wildman–Crippen LogP) is 4.66. The summed E-state index contributed by atoms with van der Waals surface area (Å²) in [5, 5.41) is -0.0410. The van der Waals surface area contributed by atoms with Gasteiger partial charge in [0.05, 0.1) is 10.9 Å². The maximum Gasteiger partial charge on any atom is 0.573 e. The van der Waals surface area contributed by atoms with Crippen LogP contribution in [0.5, 0.6) is 5.75 Å². The molecule has 1 unspecified atom stereocenters. The Morgan fingerprint density at radius 2 is 1.65 bits per heavy atom. The molecule has 0 aliphatic carbocycles. The zero-order chi connectivity index (χ0) is 18.9. The number of benzene rings is 2. The second-order valence-electron chi connectivity index (χ2n) is 5.37. The molecule has 2 aromatic carbocycles. The molecule has 1 fully saturated rings. The van der Waals surface area contributed by atoms with E-state index in [0.717, 1.165) is 21.9 Å². The van der Waals surface area contributed by atoms with E-state index in [1.807, 2.05) is 0 Å². The Kier molecular flexibility index (Phi) is 5.15. The molecule has 0 N–H and O–H groups in total. The lowest BCUT2D eigenvalue weighted by Crippen LogP contribution is -2.31. The molecular weight excluding hydrogens is 391 g/mol. The van der Waals surface area contributed by atoms with Gasteiger partial charge in [0.2, 0.25) is 11.8 Å². The number of halogens is 4. The number of ether oxygens (including phenoxy) is 1. The number of thioether (sulfide) groups is 1. The van der Waals surface area contributed by atoms with Gasteiger partial charge in [0.1, 0.15) is 5.75 Å². The Hall–Kier alpha value is -2.19. The lowest BCUT2D eigenvalue weighted by Gasteiger charge is -2.16. The molecule has 26 heavy (non-hydrogen) atoms. The molecule has 1 atom stereocenters. The first-order valence-corrected chi connectivity index (χ1v) is 8.63. The van der Waals surface area contributed by atoms with Gasteiger partial charge in [-0.1, -0.05) is 11.6 Å². The summed E-state index contributed by atoms with van der Waals surface area (Å²) in [5.41, 5.74) is 0.203. The highest BCUT2D eigenvalue weighted by Gasteiger charge is 2.40. The lowest BCUT2D eigenvalue weighted by atomic mass is 10.3. The zero-order valence-corrected chi connectivity index (χ0v) is 14.6. The molecule has 136 valence electrons. The number of amides is 2. The topological polar surface area (TPSA) is 46.6 Å². The molecule has 1 aliphatic rings. The second-order valence-corrected chi connectivity index (χ2v) is 7.09. The summed E-state index contributed by atoms with van der Waals surface area (Å²) in [6.07, 6.45) is -4.80. The van der Waals surface area contributed by atoms with E-state index in [2.05, 4.69) is 4.74 Å². The Labute approximate surface area is 155 Å². The Morgan fingerprint density at radius 1 is 1.04 bits per heavy atom. The van der Waals surface area contributed by atoms with Crippen LogP contribution in [0, 0.1) is 0 Å². The van der Waals surface area contributed by atoms with Gasteiger partial charge in [-0.05, 0) is 48.5 Å². The van der Waals surface area contributed by atoms with E-state index in [1.165, 1.54) is 23.9 Å². The predicted molar refractivity (Wildman–Crippen MR) is 91.3 cm³/mol. The fourth-order valence-electron chi connectivity index (χ4n) is 2.44. The largest absolute Gasteiger partial charge is 0.573 e. The first-order valence-electron chi connectivity index (χ1n) is 7.38. The normalized spacial score (nSPS) is 17.7. The molecule has 0 spiro atoms. The summed E-state index contributed by atoms with van der Waals surface area (Å²) in [5.74, 6) is -1.25. The monoisotopic (exact) mass is 401 g/mol. The van der Waals surface area contributed by atoms with Crippen LogP contribution in [-0.4, -0.2) is 23.4 Å². The summed E-state index contributed by atoms with van der Waals surface area (Å²) in [7, 11) is 0. The van der Waals surface area contributed by atoms with Crippen molar-refractivity contribution in [3.63, 3.8) is 0 Å². The average molecular weight is 402 g/mol. The first kappa shape index (κ1) is 18.6. The number of anilines is 1. The molecule has 2 amide bonds. The summed E-state index contributed by atoms with van der Waals surface area (Å²) in [6, 6.07) is 11.5. The van der Waals surface area contributed by atoms with Gasteiger partial charge in [0.15, 0.2) is 0 Å². The van der Waals surface area contributed by atoms with E-state index in [0.29, 0.717) is 5.02 Å². The van der Waals surface area contributed by atoms with Crippen molar-refractivity contribution in [3.05, 3.63) is 53.6 Å². The average Bonchev–Trinajstić information content (AvgIpc) is 2.83. The van der Waals surface area contributed by atoms with Crippen molar-refractivity contribution in [1.29, 1.82) is 0 Å². The zero-order valence-electron chi connectivity index (χ0n) is 13.0. The molecular formula is C17H11ClF3NO3S. The number of hydrogen-bond donors (Lipinski definition) is 0. The molecule has 0 bridgehead atoms. The standard InChI is InChI=1S/C17H11ClF3NO3S/c18-10-1-7-13(8-2-10)26-14-9-15(23)22(16(14)24)11-3-5-12(6-4-11)25-17(19,20)21/h1-8,14H,9H2. The summed E-state index contributed by atoms with van der Waals surface area (Å²) < 4.78 is 40.4. The third-order valence-electron chi connectivity index (χ3n) is 3.53. The fourth-order valence-corrected chi connectivity index (χ4v) is 3.62. The van der Waals surface area contributed by atoms with Crippen LogP contribution in [0.25, 0.3) is 0 Å². The van der Waals surface area contributed by atoms with Crippen LogP contribution >= 0.6 is 23.4 Å². The van der Waals surface area contributed by atoms with Crippen molar-refractivity contribution in [2.24, 2.45) is 0 Å². The highest BCUT2D eigenvalue weighted by Crippen LogP contribution is 2.35. The highest BCUT2D eigenvalue weighted by atomic mass is 35.5. The highest BCUT2D eigenvalue weighted by molar-refractivity contribution is 8.00. The van der Waals surface area contributed by atoms with E-state index in [-0.39, 0.29) is 12.1 Å². The summed E-state index contributed by atoms with van der Waals surface area (Å²) in [4.78, 5) is 26.5. The van der Waals surface area contributed by atoms with Gasteiger partial charge in [0, 0.05) is 16.3 Å². The van der Waals surface area contributed by atoms with Crippen LogP contribution in [-0.2, 0) is 9.59 Å². The van der Waals surface area contributed by atoms with Crippen LogP contribution in [0.4, 0.5) is 18.9 Å². The van der Waals surface area contributed by atoms with Gasteiger partial charge in [-0.2, -0.15) is 0 Å². The number of carbonyl (C=O) groups is 2. The van der Waals surface area contributed by atoms with Crippen molar-refractivity contribution in [2.75, 3.05) is 4.90 Å². The van der Waals surface area contributed by atoms with E-state index in [1.54, 1.807) is 24.3 Å². The molecule has 0 radical (unpaired) electrons. The maximum absolute atomic E-state index is 12.5. The van der Waals surface area contributed by atoms with Gasteiger partial charge >= 0.3 is 6.36 Å². The molecule has 9 heteroatoms. The van der Waals surface area contributed by atoms with E-state index in [9.17, 15) is 22.8 Å². The number of alkyl halides is 3. The molecule has 1 saturated heterocycles. The van der Waals surface area contributed by atoms with Gasteiger partial charge < -0.3 is 4.74 Å². The molecule has 1 aliphatic heterocycles. The Morgan fingerprint density at radius 3 is 2.23 bits per heavy atom. The van der Waals surface area contributed by atoms with Crippen LogP contribution in [0.15, 0.2) is 53.4 Å². The van der Waals surface area contributed by atoms with Crippen LogP contribution < -0.4 is 9.64 Å². The third-order valence-corrected chi connectivity index (χ3v) is 4.97. The van der Waals surface area contributed by atoms with Crippen molar-refractivity contribution in [2.45, 2.75) is 22.9 Å². The molecule has 0 aromatic heterocycles. The van der Waals surface area contributed by atoms with Crippen molar-refractivity contribution in [1.82, 2.24) is 0 Å². The van der Waals surface area contributed by atoms with Gasteiger partial charge in [0.25, 0.3) is 0 Å². The van der Waals surface area contributed by atoms with E-state index < -0.39 is 29.2 Å².